The maximum absolute atomic E-state index is 11.0. The molecular formula is C6H7BN2O4. The molecule has 0 saturated carbocycles. The van der Waals surface area contributed by atoms with Crippen molar-refractivity contribution in [1.82, 2.24) is 10.6 Å². The lowest BCUT2D eigenvalue weighted by Gasteiger charge is -2.06. The molecule has 1 rings (SSSR count). The molecule has 1 aliphatic rings. The van der Waals surface area contributed by atoms with Crippen molar-refractivity contribution in [2.45, 2.75) is 18.5 Å². The van der Waals surface area contributed by atoms with Crippen molar-refractivity contribution < 1.29 is 19.5 Å². The van der Waals surface area contributed by atoms with E-state index >= 15 is 0 Å². The second kappa shape index (κ2) is 3.46. The van der Waals surface area contributed by atoms with Crippen molar-refractivity contribution >= 4 is 25.5 Å². The highest BCUT2D eigenvalue weighted by molar-refractivity contribution is 6.57. The number of aliphatic carboxylic acids is 1. The fourth-order valence-corrected chi connectivity index (χ4v) is 1.13. The summed E-state index contributed by atoms with van der Waals surface area (Å²) >= 11 is 0. The smallest absolute Gasteiger partial charge is 0.326 e. The van der Waals surface area contributed by atoms with Gasteiger partial charge in [-0.05, 0) is 0 Å². The van der Waals surface area contributed by atoms with Gasteiger partial charge >= 0.3 is 5.97 Å². The van der Waals surface area contributed by atoms with Gasteiger partial charge in [0.1, 0.15) is 12.1 Å². The Bertz CT molecular complexity index is 267. The van der Waals surface area contributed by atoms with Crippen molar-refractivity contribution in [3.05, 3.63) is 0 Å². The Hall–Kier alpha value is -1.53. The first kappa shape index (κ1) is 9.56. The SMILES string of the molecule is [B]C(=O)N[C@H]1C[C@H](C(=O)O)NC1=O. The number of carbonyl (C=O) groups is 3. The van der Waals surface area contributed by atoms with Crippen LogP contribution in [0.4, 0.5) is 4.79 Å². The van der Waals surface area contributed by atoms with E-state index in [1.54, 1.807) is 0 Å². The number of rotatable bonds is 2. The van der Waals surface area contributed by atoms with Gasteiger partial charge in [0, 0.05) is 6.42 Å². The summed E-state index contributed by atoms with van der Waals surface area (Å²) in [6.07, 6.45) is 0.0249. The first-order valence-corrected chi connectivity index (χ1v) is 3.60. The van der Waals surface area contributed by atoms with E-state index in [4.69, 9.17) is 13.0 Å². The van der Waals surface area contributed by atoms with E-state index < -0.39 is 29.8 Å². The van der Waals surface area contributed by atoms with Gasteiger partial charge in [-0.1, -0.05) is 0 Å². The number of amides is 2. The molecule has 13 heavy (non-hydrogen) atoms. The first-order chi connectivity index (χ1) is 6.00. The summed E-state index contributed by atoms with van der Waals surface area (Å²) in [5, 5.41) is 12.9. The number of carbonyl (C=O) groups excluding carboxylic acids is 2. The lowest BCUT2D eigenvalue weighted by atomic mass is 10.1. The Morgan fingerprint density at radius 2 is 2.23 bits per heavy atom. The maximum atomic E-state index is 11.0. The minimum atomic E-state index is -1.12. The number of carboxylic acids is 1. The number of nitrogens with one attached hydrogen (secondary N) is 2. The molecule has 0 aromatic carbocycles. The molecule has 0 bridgehead atoms. The molecule has 0 aromatic heterocycles. The van der Waals surface area contributed by atoms with Crippen LogP contribution in [0.3, 0.4) is 0 Å². The predicted octanol–water partition coefficient (Wildman–Crippen LogP) is -1.79. The lowest BCUT2D eigenvalue weighted by Crippen LogP contribution is -2.39. The van der Waals surface area contributed by atoms with Gasteiger partial charge in [-0.2, -0.15) is 0 Å². The Kier molecular flexibility index (Phi) is 2.55. The van der Waals surface area contributed by atoms with Crippen LogP contribution < -0.4 is 10.6 Å². The van der Waals surface area contributed by atoms with E-state index in [1.165, 1.54) is 0 Å². The summed E-state index contributed by atoms with van der Waals surface area (Å²) in [6.45, 7) is 0. The molecule has 1 aliphatic heterocycles. The van der Waals surface area contributed by atoms with E-state index in [0.29, 0.717) is 0 Å². The van der Waals surface area contributed by atoms with E-state index in [9.17, 15) is 14.4 Å². The second-order valence-corrected chi connectivity index (χ2v) is 2.70. The molecule has 0 spiro atoms. The molecule has 0 aromatic rings. The summed E-state index contributed by atoms with van der Waals surface area (Å²) in [6, 6.07) is -1.78. The van der Waals surface area contributed by atoms with Crippen LogP contribution in [0.1, 0.15) is 6.42 Å². The molecule has 68 valence electrons. The summed E-state index contributed by atoms with van der Waals surface area (Å²) in [4.78, 5) is 31.8. The number of hydrogen-bond donors (Lipinski definition) is 3. The monoisotopic (exact) mass is 182 g/mol. The maximum Gasteiger partial charge on any atom is 0.326 e. The third-order valence-corrected chi connectivity index (χ3v) is 1.72. The molecule has 2 atom stereocenters. The zero-order valence-corrected chi connectivity index (χ0v) is 6.61. The first-order valence-electron chi connectivity index (χ1n) is 3.60. The van der Waals surface area contributed by atoms with Gasteiger partial charge in [0.15, 0.2) is 5.81 Å². The van der Waals surface area contributed by atoms with Crippen LogP contribution in [0.15, 0.2) is 0 Å². The quantitative estimate of drug-likeness (QED) is 0.439. The average Bonchev–Trinajstić information content (AvgIpc) is 2.31. The summed E-state index contributed by atoms with van der Waals surface area (Å²) in [5.41, 5.74) is 0. The van der Waals surface area contributed by atoms with E-state index in [0.717, 1.165) is 0 Å². The second-order valence-electron chi connectivity index (χ2n) is 2.70. The van der Waals surface area contributed by atoms with Crippen molar-refractivity contribution in [3.63, 3.8) is 0 Å². The van der Waals surface area contributed by atoms with Crippen LogP contribution in [0.2, 0.25) is 0 Å². The van der Waals surface area contributed by atoms with Crippen molar-refractivity contribution in [2.24, 2.45) is 0 Å². The van der Waals surface area contributed by atoms with Gasteiger partial charge < -0.3 is 15.7 Å². The van der Waals surface area contributed by atoms with E-state index in [2.05, 4.69) is 10.6 Å². The Morgan fingerprint density at radius 1 is 1.62 bits per heavy atom. The van der Waals surface area contributed by atoms with E-state index in [1.807, 2.05) is 0 Å². The van der Waals surface area contributed by atoms with Gasteiger partial charge in [-0.3, -0.25) is 9.59 Å². The minimum Gasteiger partial charge on any atom is -0.480 e. The molecule has 1 heterocycles. The van der Waals surface area contributed by atoms with Crippen molar-refractivity contribution in [2.75, 3.05) is 0 Å². The van der Waals surface area contributed by atoms with Gasteiger partial charge in [-0.15, -0.1) is 0 Å². The van der Waals surface area contributed by atoms with Crippen LogP contribution in [0.5, 0.6) is 0 Å². The topological polar surface area (TPSA) is 95.5 Å². The Labute approximate surface area is 75.1 Å². The largest absolute Gasteiger partial charge is 0.480 e. The molecular weight excluding hydrogens is 175 g/mol. The van der Waals surface area contributed by atoms with Gasteiger partial charge in [0.2, 0.25) is 13.8 Å². The Morgan fingerprint density at radius 3 is 2.62 bits per heavy atom. The summed E-state index contributed by atoms with van der Waals surface area (Å²) in [5.74, 6) is -2.49. The minimum absolute atomic E-state index is 0.0249. The third kappa shape index (κ3) is 2.20. The molecule has 3 N–H and O–H groups in total. The van der Waals surface area contributed by atoms with Crippen LogP contribution in [-0.4, -0.2) is 42.7 Å². The summed E-state index contributed by atoms with van der Waals surface area (Å²) < 4.78 is 0. The highest BCUT2D eigenvalue weighted by atomic mass is 16.4. The van der Waals surface area contributed by atoms with Crippen LogP contribution in [0.25, 0.3) is 0 Å². The molecule has 2 radical (unpaired) electrons. The normalized spacial score (nSPS) is 26.6. The zero-order chi connectivity index (χ0) is 10.0. The van der Waals surface area contributed by atoms with Gasteiger partial charge in [0.05, 0.1) is 0 Å². The fraction of sp³-hybridized carbons (Fsp3) is 0.500. The van der Waals surface area contributed by atoms with Crippen molar-refractivity contribution in [3.8, 4) is 0 Å². The van der Waals surface area contributed by atoms with Crippen molar-refractivity contribution in [1.29, 1.82) is 0 Å². The molecule has 0 aliphatic carbocycles. The average molecular weight is 182 g/mol. The number of carboxylic acid groups (broad SMARTS) is 1. The van der Waals surface area contributed by atoms with Crippen LogP contribution in [-0.2, 0) is 9.59 Å². The molecule has 1 saturated heterocycles. The van der Waals surface area contributed by atoms with Crippen LogP contribution in [0, 0.1) is 0 Å². The standard InChI is InChI=1S/C6H7BN2O4/c7-6(13)9-2-1-3(5(11)12)8-4(2)10/h2-3H,1H2,(H,8,10)(H,9,13)(H,11,12)/t2-,3+/m0/s1. The van der Waals surface area contributed by atoms with E-state index in [-0.39, 0.29) is 6.42 Å². The van der Waals surface area contributed by atoms with Crippen LogP contribution >= 0.6 is 0 Å². The number of hydrogen-bond acceptors (Lipinski definition) is 3. The Balaban J connectivity index is 2.56. The molecule has 7 heteroatoms. The molecule has 0 unspecified atom stereocenters. The third-order valence-electron chi connectivity index (χ3n) is 1.72. The molecule has 2 amide bonds. The molecule has 1 fully saturated rings. The highest BCUT2D eigenvalue weighted by Gasteiger charge is 2.36. The summed E-state index contributed by atoms with van der Waals surface area (Å²) in [7, 11) is 4.78. The fourth-order valence-electron chi connectivity index (χ4n) is 1.13. The zero-order valence-electron chi connectivity index (χ0n) is 6.61. The van der Waals surface area contributed by atoms with Gasteiger partial charge in [0.25, 0.3) is 0 Å². The molecule has 6 nitrogen and oxygen atoms in total. The predicted molar refractivity (Wildman–Crippen MR) is 42.3 cm³/mol. The highest BCUT2D eigenvalue weighted by Crippen LogP contribution is 2.07. The lowest BCUT2D eigenvalue weighted by molar-refractivity contribution is -0.140. The van der Waals surface area contributed by atoms with Gasteiger partial charge in [-0.25, -0.2) is 4.79 Å².